The molecule has 2 heterocycles. The third-order valence-electron chi connectivity index (χ3n) is 5.52. The molecule has 2 aliphatic rings. The van der Waals surface area contributed by atoms with Gasteiger partial charge in [0.05, 0.1) is 11.4 Å². The predicted molar refractivity (Wildman–Crippen MR) is 97.5 cm³/mol. The Bertz CT molecular complexity index is 1060. The Balaban J connectivity index is 1.60. The van der Waals surface area contributed by atoms with E-state index in [9.17, 15) is 30.4 Å². The minimum absolute atomic E-state index is 0.0267. The van der Waals surface area contributed by atoms with Crippen LogP contribution in [0, 0.1) is 0 Å². The third kappa shape index (κ3) is 4.44. The largest absolute Gasteiger partial charge is 0.415 e. The number of nitrogens with zero attached hydrogens (tertiary/aromatic N) is 3. The lowest BCUT2D eigenvalue weighted by molar-refractivity contribution is -0.127. The number of rotatable bonds is 5. The molecule has 1 fully saturated rings. The molecule has 0 unspecified atom stereocenters. The summed E-state index contributed by atoms with van der Waals surface area (Å²) in [6.07, 6.45) is -5.06. The van der Waals surface area contributed by atoms with Crippen LogP contribution in [0.15, 0.2) is 27.5 Å². The molecule has 0 saturated heterocycles. The fraction of sp³-hybridized carbons (Fsp3) is 0.556. The summed E-state index contributed by atoms with van der Waals surface area (Å²) in [7, 11) is -4.00. The van der Waals surface area contributed by atoms with Crippen LogP contribution in [0.1, 0.15) is 43.6 Å². The Morgan fingerprint density at radius 1 is 1.19 bits per heavy atom. The second-order valence-electron chi connectivity index (χ2n) is 7.57. The summed E-state index contributed by atoms with van der Waals surface area (Å²) in [6, 6.07) is 3.04. The van der Waals surface area contributed by atoms with E-state index in [-0.39, 0.29) is 22.9 Å². The third-order valence-corrected chi connectivity index (χ3v) is 7.47. The lowest BCUT2D eigenvalue weighted by Crippen LogP contribution is -2.53. The molecule has 1 aliphatic heterocycles. The first-order valence-corrected chi connectivity index (χ1v) is 11.1. The lowest BCUT2D eigenvalue weighted by Gasteiger charge is -2.37. The van der Waals surface area contributed by atoms with Crippen molar-refractivity contribution in [1.29, 1.82) is 0 Å². The highest BCUT2D eigenvalue weighted by molar-refractivity contribution is 7.89. The van der Waals surface area contributed by atoms with Gasteiger partial charge in [-0.25, -0.2) is 8.42 Å². The van der Waals surface area contributed by atoms with Crippen LogP contribution < -0.4 is 5.32 Å². The van der Waals surface area contributed by atoms with Gasteiger partial charge >= 0.3 is 12.6 Å². The summed E-state index contributed by atoms with van der Waals surface area (Å²) in [5.74, 6) is -1.12. The summed E-state index contributed by atoms with van der Waals surface area (Å²) in [5, 5.41) is 9.23. The van der Waals surface area contributed by atoms with Gasteiger partial charge in [-0.2, -0.15) is 26.3 Å². The Morgan fingerprint density at radius 2 is 1.94 bits per heavy atom. The average molecular weight is 466 g/mol. The average Bonchev–Trinajstić information content (AvgIpc) is 3.29. The van der Waals surface area contributed by atoms with E-state index in [0.29, 0.717) is 31.2 Å². The first-order chi connectivity index (χ1) is 14.6. The molecule has 0 radical (unpaired) electrons. The second kappa shape index (κ2) is 8.10. The number of sulfonamides is 1. The molecule has 1 N–H and O–H groups in total. The van der Waals surface area contributed by atoms with Gasteiger partial charge in [0.2, 0.25) is 15.9 Å². The summed E-state index contributed by atoms with van der Waals surface area (Å²) >= 11 is 0. The van der Waals surface area contributed by atoms with Gasteiger partial charge in [0.1, 0.15) is 0 Å². The summed E-state index contributed by atoms with van der Waals surface area (Å²) in [4.78, 5) is -0.0399. The number of hydrogen-bond acceptors (Lipinski definition) is 6. The smallest absolute Gasteiger partial charge is 0.401 e. The molecule has 2 aromatic rings. The van der Waals surface area contributed by atoms with Crippen molar-refractivity contribution in [3.63, 3.8) is 0 Å². The van der Waals surface area contributed by atoms with Gasteiger partial charge in [-0.15, -0.1) is 10.2 Å². The normalized spacial score (nSPS) is 23.9. The first kappa shape index (κ1) is 22.1. The maximum absolute atomic E-state index is 13.2. The monoisotopic (exact) mass is 466 g/mol. The summed E-state index contributed by atoms with van der Waals surface area (Å²) < 4.78 is 96.0. The summed E-state index contributed by atoms with van der Waals surface area (Å²) in [6.45, 7) is -1.16. The topological polar surface area (TPSA) is 88.3 Å². The van der Waals surface area contributed by atoms with Crippen LogP contribution in [0.4, 0.5) is 22.0 Å². The van der Waals surface area contributed by atoms with Crippen molar-refractivity contribution in [3.8, 4) is 11.5 Å². The van der Waals surface area contributed by atoms with Crippen LogP contribution in [0.2, 0.25) is 0 Å². The van der Waals surface area contributed by atoms with Crippen LogP contribution in [-0.2, 0) is 16.6 Å². The van der Waals surface area contributed by atoms with Crippen molar-refractivity contribution in [2.24, 2.45) is 0 Å². The number of hydrogen-bond donors (Lipinski definition) is 1. The number of aromatic nitrogens is 2. The lowest BCUT2D eigenvalue weighted by atomic mass is 9.90. The molecule has 4 rings (SSSR count). The van der Waals surface area contributed by atoms with E-state index in [2.05, 4.69) is 15.5 Å². The van der Waals surface area contributed by atoms with Crippen molar-refractivity contribution in [2.75, 3.05) is 6.54 Å². The van der Waals surface area contributed by atoms with E-state index >= 15 is 0 Å². The van der Waals surface area contributed by atoms with Crippen LogP contribution in [0.5, 0.6) is 0 Å². The number of halogens is 5. The van der Waals surface area contributed by atoms with Crippen LogP contribution in [-0.4, -0.2) is 47.7 Å². The number of alkyl halides is 5. The zero-order valence-electron chi connectivity index (χ0n) is 16.1. The van der Waals surface area contributed by atoms with E-state index in [1.165, 1.54) is 22.5 Å². The molecule has 2 atom stereocenters. The zero-order valence-corrected chi connectivity index (χ0v) is 16.9. The predicted octanol–water partition coefficient (Wildman–Crippen LogP) is 3.64. The van der Waals surface area contributed by atoms with Gasteiger partial charge in [0, 0.05) is 24.2 Å². The Kier molecular flexibility index (Phi) is 5.77. The highest BCUT2D eigenvalue weighted by atomic mass is 32.2. The number of fused-ring (bicyclic) bond motifs is 1. The van der Waals surface area contributed by atoms with E-state index < -0.39 is 47.1 Å². The molecule has 1 aromatic heterocycles. The minimum atomic E-state index is -4.40. The quantitative estimate of drug-likeness (QED) is 0.677. The number of benzene rings is 1. The molecule has 1 aromatic carbocycles. The van der Waals surface area contributed by atoms with Gasteiger partial charge < -0.3 is 9.73 Å². The van der Waals surface area contributed by atoms with Crippen molar-refractivity contribution < 1.29 is 34.8 Å². The van der Waals surface area contributed by atoms with Crippen LogP contribution in [0.25, 0.3) is 11.5 Å². The molecule has 0 amide bonds. The number of nitrogens with one attached hydrogen (secondary N) is 1. The Hall–Kier alpha value is -2.12. The second-order valence-corrected chi connectivity index (χ2v) is 9.43. The van der Waals surface area contributed by atoms with E-state index in [0.717, 1.165) is 0 Å². The molecular formula is C18H19F5N4O3S. The van der Waals surface area contributed by atoms with Gasteiger partial charge in [-0.3, -0.25) is 0 Å². The fourth-order valence-corrected chi connectivity index (χ4v) is 6.02. The first-order valence-electron chi connectivity index (χ1n) is 9.63. The highest BCUT2D eigenvalue weighted by Crippen LogP contribution is 2.38. The molecule has 0 spiro atoms. The molecule has 1 aliphatic carbocycles. The maximum atomic E-state index is 13.2. The molecule has 170 valence electrons. The van der Waals surface area contributed by atoms with Gasteiger partial charge in [-0.1, -0.05) is 18.9 Å². The molecule has 31 heavy (non-hydrogen) atoms. The van der Waals surface area contributed by atoms with Crippen molar-refractivity contribution in [2.45, 2.75) is 61.8 Å². The summed E-state index contributed by atoms with van der Waals surface area (Å²) in [5.41, 5.74) is 0.636. The SMILES string of the molecule is O=S1(=O)c2cc(-c3nnc(C(F)F)o3)ccc2CN1[C@@H]1CCCC[C@H]1NCC(F)(F)F. The molecular weight excluding hydrogens is 447 g/mol. The molecule has 13 heteroatoms. The molecule has 1 saturated carbocycles. The van der Waals surface area contributed by atoms with E-state index in [1.54, 1.807) is 0 Å². The van der Waals surface area contributed by atoms with Gasteiger partial charge in [0.15, 0.2) is 0 Å². The van der Waals surface area contributed by atoms with Crippen molar-refractivity contribution in [1.82, 2.24) is 19.8 Å². The fourth-order valence-electron chi connectivity index (χ4n) is 4.11. The van der Waals surface area contributed by atoms with Crippen molar-refractivity contribution >= 4 is 10.0 Å². The van der Waals surface area contributed by atoms with Crippen molar-refractivity contribution in [3.05, 3.63) is 29.7 Å². The van der Waals surface area contributed by atoms with Crippen LogP contribution in [0.3, 0.4) is 0 Å². The van der Waals surface area contributed by atoms with Gasteiger partial charge in [0.25, 0.3) is 5.89 Å². The highest BCUT2D eigenvalue weighted by Gasteiger charge is 2.44. The minimum Gasteiger partial charge on any atom is -0.415 e. The standard InChI is InChI=1S/C18H19F5N4O3S/c19-15(20)17-26-25-16(30-17)10-5-6-11-8-27(31(28,29)14(11)7-10)13-4-2-1-3-12(13)24-9-18(21,22)23/h5-7,12-13,15,24H,1-4,8-9H2/t12-,13-/m1/s1. The van der Waals surface area contributed by atoms with Gasteiger partial charge in [-0.05, 0) is 30.5 Å². The van der Waals surface area contributed by atoms with Crippen LogP contribution >= 0.6 is 0 Å². The maximum Gasteiger partial charge on any atom is 0.401 e. The molecule has 0 bridgehead atoms. The Labute approximate surface area is 174 Å². The Morgan fingerprint density at radius 3 is 2.61 bits per heavy atom. The van der Waals surface area contributed by atoms with E-state index in [4.69, 9.17) is 4.42 Å². The zero-order chi connectivity index (χ0) is 22.4. The molecule has 7 nitrogen and oxygen atoms in total. The van der Waals surface area contributed by atoms with E-state index in [1.807, 2.05) is 0 Å².